The number of ether oxygens (including phenoxy) is 5. The molecular weight excluding hydrogens is 637 g/mol. The van der Waals surface area contributed by atoms with Gasteiger partial charge in [0.1, 0.15) is 24.5 Å². The first kappa shape index (κ1) is 36.0. The maximum Gasteiger partial charge on any atom is 0.519 e. The number of anilines is 1. The number of esters is 2. The Hall–Kier alpha value is -4.82. The van der Waals surface area contributed by atoms with Crippen molar-refractivity contribution in [3.8, 4) is 12.3 Å². The highest BCUT2D eigenvalue weighted by molar-refractivity contribution is 5.93. The first-order valence-electron chi connectivity index (χ1n) is 15.1. The van der Waals surface area contributed by atoms with E-state index < -0.39 is 59.4 Å². The van der Waals surface area contributed by atoms with Crippen LogP contribution in [-0.2, 0) is 39.9 Å². The summed E-state index contributed by atoms with van der Waals surface area (Å²) >= 11 is 0. The third-order valence-electron chi connectivity index (χ3n) is 7.12. The van der Waals surface area contributed by atoms with Crippen molar-refractivity contribution in [3.05, 3.63) is 34.5 Å². The Morgan fingerprint density at radius 2 is 1.94 bits per heavy atom. The minimum Gasteiger partial charge on any atom is -0.461 e. The molecule has 1 aliphatic heterocycles. The molecule has 0 aromatic carbocycles. The van der Waals surface area contributed by atoms with Crippen molar-refractivity contribution < 1.29 is 51.3 Å². The van der Waals surface area contributed by atoms with Gasteiger partial charge in [0.15, 0.2) is 40.7 Å². The van der Waals surface area contributed by atoms with Gasteiger partial charge in [-0.1, -0.05) is 33.6 Å². The number of rotatable bonds is 13. The molecule has 3 aromatic rings. The predicted molar refractivity (Wildman–Crippen MR) is 163 cm³/mol. The number of amides is 1. The second kappa shape index (κ2) is 14.5. The average Bonchev–Trinajstić information content (AvgIpc) is 3.67. The van der Waals surface area contributed by atoms with E-state index in [-0.39, 0.29) is 60.5 Å². The van der Waals surface area contributed by atoms with Gasteiger partial charge in [0, 0.05) is 13.0 Å². The smallest absolute Gasteiger partial charge is 0.461 e. The van der Waals surface area contributed by atoms with Gasteiger partial charge >= 0.3 is 29.9 Å². The predicted octanol–water partition coefficient (Wildman–Crippen LogP) is 3.81. The molecule has 0 radical (unpaired) electrons. The van der Waals surface area contributed by atoms with Crippen LogP contribution in [0.2, 0.25) is 0 Å². The highest BCUT2D eigenvalue weighted by Gasteiger charge is 2.51. The number of halogens is 1. The Morgan fingerprint density at radius 1 is 1.21 bits per heavy atom. The Bertz CT molecular complexity index is 1750. The van der Waals surface area contributed by atoms with Crippen LogP contribution in [-0.4, -0.2) is 68.1 Å². The lowest BCUT2D eigenvalue weighted by Gasteiger charge is -2.29. The number of nitrogens with one attached hydrogen (secondary N) is 1. The van der Waals surface area contributed by atoms with Crippen molar-refractivity contribution in [3.63, 3.8) is 0 Å². The number of carbonyl (C=O) groups is 3. The zero-order chi connectivity index (χ0) is 35.4. The van der Waals surface area contributed by atoms with Gasteiger partial charge in [0.05, 0.1) is 18.7 Å². The summed E-state index contributed by atoms with van der Waals surface area (Å²) in [5, 5.41) is 2.34. The van der Waals surface area contributed by atoms with Crippen molar-refractivity contribution in [1.29, 1.82) is 0 Å². The van der Waals surface area contributed by atoms with E-state index in [1.807, 2.05) is 13.8 Å². The van der Waals surface area contributed by atoms with Crippen LogP contribution < -0.4 is 11.1 Å². The van der Waals surface area contributed by atoms with Crippen LogP contribution in [0.25, 0.3) is 11.2 Å². The van der Waals surface area contributed by atoms with Crippen molar-refractivity contribution in [2.24, 2.45) is 11.8 Å². The number of hydrogen-bond acceptors (Lipinski definition) is 14. The molecule has 0 spiro atoms. The molecule has 1 aliphatic rings. The largest absolute Gasteiger partial charge is 0.519 e. The Balaban J connectivity index is 1.48. The first-order valence-corrected chi connectivity index (χ1v) is 15.1. The molecule has 0 aliphatic carbocycles. The lowest BCUT2D eigenvalue weighted by molar-refractivity contribution is -0.162. The second-order valence-corrected chi connectivity index (χ2v) is 12.5. The number of imidazole rings is 1. The van der Waals surface area contributed by atoms with Crippen molar-refractivity contribution in [1.82, 2.24) is 19.5 Å². The molecule has 260 valence electrons. The van der Waals surface area contributed by atoms with Crippen LogP contribution in [0.1, 0.15) is 72.1 Å². The fourth-order valence-corrected chi connectivity index (χ4v) is 4.71. The van der Waals surface area contributed by atoms with E-state index in [2.05, 4.69) is 26.2 Å². The maximum absolute atomic E-state index is 14.7. The van der Waals surface area contributed by atoms with Crippen molar-refractivity contribution >= 4 is 35.0 Å². The van der Waals surface area contributed by atoms with Gasteiger partial charge in [-0.3, -0.25) is 19.5 Å². The van der Waals surface area contributed by atoms with Gasteiger partial charge in [-0.05, 0) is 26.7 Å². The number of nitrogens with zero attached hydrogens (tertiary/aromatic N) is 4. The minimum absolute atomic E-state index is 0.00441. The molecule has 48 heavy (non-hydrogen) atoms. The maximum atomic E-state index is 14.7. The summed E-state index contributed by atoms with van der Waals surface area (Å²) < 4.78 is 53.9. The summed E-state index contributed by atoms with van der Waals surface area (Å²) in [7, 11) is 0. The molecule has 17 heteroatoms. The summed E-state index contributed by atoms with van der Waals surface area (Å²) in [6.45, 7) is 11.4. The number of fused-ring (bicyclic) bond motifs is 1. The summed E-state index contributed by atoms with van der Waals surface area (Å²) in [6, 6.07) is 0. The summed E-state index contributed by atoms with van der Waals surface area (Å²) in [5.74, 6) is 0.0824. The van der Waals surface area contributed by atoms with Crippen LogP contribution in [0.4, 0.5) is 15.0 Å². The second-order valence-electron chi connectivity index (χ2n) is 12.5. The lowest BCUT2D eigenvalue weighted by atomic mass is 9.98. The Morgan fingerprint density at radius 3 is 2.56 bits per heavy atom. The highest BCUT2D eigenvalue weighted by atomic mass is 19.1. The zero-order valence-electron chi connectivity index (χ0n) is 27.7. The Kier molecular flexibility index (Phi) is 10.9. The quantitative estimate of drug-likeness (QED) is 0.119. The van der Waals surface area contributed by atoms with Crippen LogP contribution in [0.5, 0.6) is 0 Å². The SMILES string of the molecule is C#C[C@]1(COC(=O)C(C)C)O[C@@H](n2cnc3c(NC(=O)OC(C)(C)CC(=O)OCc4oc(=O)oc4C)nc(F)nc32)C[C@@H]1OCC(C)C. The fraction of sp³-hybridized carbons (Fsp3) is 0.581. The number of aromatic nitrogens is 4. The molecule has 1 fully saturated rings. The molecule has 3 aromatic heterocycles. The molecule has 1 N–H and O–H groups in total. The van der Waals surface area contributed by atoms with E-state index in [4.69, 9.17) is 38.9 Å². The van der Waals surface area contributed by atoms with Crippen LogP contribution in [0.3, 0.4) is 0 Å². The van der Waals surface area contributed by atoms with Crippen LogP contribution in [0.15, 0.2) is 20.0 Å². The van der Waals surface area contributed by atoms with E-state index in [1.54, 1.807) is 13.8 Å². The van der Waals surface area contributed by atoms with E-state index in [0.717, 1.165) is 0 Å². The number of carbonyl (C=O) groups excluding carboxylic acids is 3. The van der Waals surface area contributed by atoms with Crippen molar-refractivity contribution in [2.75, 3.05) is 18.5 Å². The zero-order valence-corrected chi connectivity index (χ0v) is 27.7. The monoisotopic (exact) mass is 675 g/mol. The number of terminal acetylenes is 1. The molecule has 1 amide bonds. The first-order chi connectivity index (χ1) is 22.5. The molecule has 4 heterocycles. The highest BCUT2D eigenvalue weighted by Crippen LogP contribution is 2.40. The summed E-state index contributed by atoms with van der Waals surface area (Å²) in [5.41, 5.74) is -2.90. The van der Waals surface area contributed by atoms with E-state index in [0.29, 0.717) is 6.61 Å². The van der Waals surface area contributed by atoms with Gasteiger partial charge in [-0.15, -0.1) is 6.42 Å². The van der Waals surface area contributed by atoms with E-state index in [1.165, 1.54) is 31.7 Å². The lowest BCUT2D eigenvalue weighted by Crippen LogP contribution is -2.45. The molecule has 0 saturated carbocycles. The number of hydrogen-bond donors (Lipinski definition) is 1. The van der Waals surface area contributed by atoms with Gasteiger partial charge in [0.2, 0.25) is 0 Å². The standard InChI is InChI=1S/C31H38FN5O11/c1-9-31(14-44-26(39)17(4)5)20(42-12-16(2)3)10-21(47-31)37-15-33-23-24(34-27(32)36-25(23)37)35-28(40)48-30(7,8)11-22(38)43-13-19-18(6)45-29(41)46-19/h1,15-17,20-21H,10-14H2,2-8H3,(H,34,35,36,40)/t20-,21+,31+/m0/s1. The normalized spacial score (nSPS) is 19.4. The van der Waals surface area contributed by atoms with Gasteiger partial charge in [-0.25, -0.2) is 14.6 Å². The summed E-state index contributed by atoms with van der Waals surface area (Å²) in [4.78, 5) is 60.5. The molecular formula is C31H38FN5O11. The average molecular weight is 676 g/mol. The molecule has 3 atom stereocenters. The summed E-state index contributed by atoms with van der Waals surface area (Å²) in [6.07, 6.45) is 3.19. The molecule has 0 unspecified atom stereocenters. The molecule has 4 rings (SSSR count). The van der Waals surface area contributed by atoms with Gasteiger partial charge in [0.25, 0.3) is 0 Å². The fourth-order valence-electron chi connectivity index (χ4n) is 4.71. The minimum atomic E-state index is -1.46. The van der Waals surface area contributed by atoms with Gasteiger partial charge in [-0.2, -0.15) is 14.4 Å². The van der Waals surface area contributed by atoms with Gasteiger partial charge < -0.3 is 32.5 Å². The van der Waals surface area contributed by atoms with Crippen LogP contribution >= 0.6 is 0 Å². The van der Waals surface area contributed by atoms with Crippen molar-refractivity contribution in [2.45, 2.75) is 91.4 Å². The third-order valence-corrected chi connectivity index (χ3v) is 7.12. The molecule has 1 saturated heterocycles. The van der Waals surface area contributed by atoms with E-state index >= 15 is 0 Å². The van der Waals surface area contributed by atoms with Crippen LogP contribution in [0, 0.1) is 37.2 Å². The third kappa shape index (κ3) is 8.55. The Labute approximate surface area is 274 Å². The topological polar surface area (TPSA) is 196 Å². The van der Waals surface area contributed by atoms with E-state index in [9.17, 15) is 23.6 Å². The molecule has 16 nitrogen and oxygen atoms in total. The molecule has 0 bridgehead atoms. The number of aryl methyl sites for hydroxylation is 1.